The van der Waals surface area contributed by atoms with E-state index in [1.54, 1.807) is 12.3 Å². The Bertz CT molecular complexity index is 494. The summed E-state index contributed by atoms with van der Waals surface area (Å²) in [6, 6.07) is 5.64. The number of pyridine rings is 1. The Morgan fingerprint density at radius 1 is 1.31 bits per heavy atom. The largest absolute Gasteiger partial charge is 0.467 e. The Morgan fingerprint density at radius 3 is 2.75 bits per heavy atom. The summed E-state index contributed by atoms with van der Waals surface area (Å²) in [5.74, 6) is 0.939. The molecule has 0 aliphatic rings. The summed E-state index contributed by atoms with van der Waals surface area (Å²) in [6.07, 6.45) is 1.69. The lowest BCUT2D eigenvalue weighted by Crippen LogP contribution is -2.02. The van der Waals surface area contributed by atoms with Crippen molar-refractivity contribution in [3.05, 3.63) is 46.6 Å². The van der Waals surface area contributed by atoms with E-state index in [1.807, 2.05) is 26.0 Å². The molecule has 0 aliphatic carbocycles. The lowest BCUT2D eigenvalue weighted by molar-refractivity contribution is 0.515. The predicted octanol–water partition coefficient (Wildman–Crippen LogP) is 3.56. The molecule has 0 spiro atoms. The molecule has 0 saturated carbocycles. The minimum absolute atomic E-state index is 0.511. The summed E-state index contributed by atoms with van der Waals surface area (Å²) in [5, 5.41) is 3.78. The molecule has 0 bridgehead atoms. The van der Waals surface area contributed by atoms with Crippen LogP contribution in [0.4, 0.5) is 5.69 Å². The SMILES string of the molecule is Cc1ccoc1CNc1ccc(Cl)nc1C. The van der Waals surface area contributed by atoms with Crippen molar-refractivity contribution in [3.8, 4) is 0 Å². The van der Waals surface area contributed by atoms with Crippen LogP contribution in [-0.2, 0) is 6.54 Å². The van der Waals surface area contributed by atoms with Gasteiger partial charge in [0.25, 0.3) is 0 Å². The van der Waals surface area contributed by atoms with Crippen molar-refractivity contribution in [1.82, 2.24) is 4.98 Å². The molecule has 2 heterocycles. The van der Waals surface area contributed by atoms with Crippen molar-refractivity contribution in [3.63, 3.8) is 0 Å². The summed E-state index contributed by atoms with van der Waals surface area (Å²) in [5.41, 5.74) is 3.00. The molecule has 0 fully saturated rings. The zero-order valence-electron chi connectivity index (χ0n) is 9.25. The number of halogens is 1. The monoisotopic (exact) mass is 236 g/mol. The van der Waals surface area contributed by atoms with Crippen molar-refractivity contribution in [2.75, 3.05) is 5.32 Å². The van der Waals surface area contributed by atoms with Crippen LogP contribution in [0.2, 0.25) is 5.15 Å². The van der Waals surface area contributed by atoms with E-state index in [1.165, 1.54) is 0 Å². The van der Waals surface area contributed by atoms with Crippen molar-refractivity contribution in [2.24, 2.45) is 0 Å². The summed E-state index contributed by atoms with van der Waals surface area (Å²) < 4.78 is 5.34. The fraction of sp³-hybridized carbons (Fsp3) is 0.250. The van der Waals surface area contributed by atoms with Gasteiger partial charge in [0.2, 0.25) is 0 Å². The number of nitrogens with zero attached hydrogens (tertiary/aromatic N) is 1. The maximum Gasteiger partial charge on any atom is 0.129 e. The van der Waals surface area contributed by atoms with Gasteiger partial charge in [-0.3, -0.25) is 0 Å². The minimum Gasteiger partial charge on any atom is -0.467 e. The van der Waals surface area contributed by atoms with Crippen LogP contribution in [0.1, 0.15) is 17.0 Å². The van der Waals surface area contributed by atoms with Crippen LogP contribution < -0.4 is 5.32 Å². The number of hydrogen-bond acceptors (Lipinski definition) is 3. The average molecular weight is 237 g/mol. The highest BCUT2D eigenvalue weighted by Crippen LogP contribution is 2.17. The van der Waals surface area contributed by atoms with E-state index in [0.29, 0.717) is 11.7 Å². The molecule has 0 atom stereocenters. The third-order valence-corrected chi connectivity index (χ3v) is 2.67. The number of aryl methyl sites for hydroxylation is 2. The van der Waals surface area contributed by atoms with E-state index in [2.05, 4.69) is 10.3 Å². The van der Waals surface area contributed by atoms with Crippen LogP contribution in [0.25, 0.3) is 0 Å². The summed E-state index contributed by atoms with van der Waals surface area (Å²) >= 11 is 5.78. The van der Waals surface area contributed by atoms with Gasteiger partial charge in [0.15, 0.2) is 0 Å². The van der Waals surface area contributed by atoms with Gasteiger partial charge in [-0.1, -0.05) is 11.6 Å². The fourth-order valence-corrected chi connectivity index (χ4v) is 1.67. The van der Waals surface area contributed by atoms with Crippen molar-refractivity contribution in [2.45, 2.75) is 20.4 Å². The first-order valence-electron chi connectivity index (χ1n) is 5.07. The lowest BCUT2D eigenvalue weighted by atomic mass is 10.2. The van der Waals surface area contributed by atoms with E-state index in [0.717, 1.165) is 22.7 Å². The van der Waals surface area contributed by atoms with Gasteiger partial charge in [0.1, 0.15) is 10.9 Å². The molecule has 0 aliphatic heterocycles. The molecule has 0 unspecified atom stereocenters. The standard InChI is InChI=1S/C12H13ClN2O/c1-8-5-6-16-11(8)7-14-10-3-4-12(13)15-9(10)2/h3-6,14H,7H2,1-2H3. The van der Waals surface area contributed by atoms with Crippen molar-refractivity contribution in [1.29, 1.82) is 0 Å². The van der Waals surface area contributed by atoms with Gasteiger partial charge in [0, 0.05) is 0 Å². The summed E-state index contributed by atoms with van der Waals surface area (Å²) in [4.78, 5) is 4.17. The van der Waals surface area contributed by atoms with E-state index in [9.17, 15) is 0 Å². The molecule has 2 aromatic rings. The maximum atomic E-state index is 5.78. The fourth-order valence-electron chi connectivity index (χ4n) is 1.48. The molecule has 2 rings (SSSR count). The first kappa shape index (κ1) is 11.0. The Hall–Kier alpha value is -1.48. The Kier molecular flexibility index (Phi) is 3.15. The van der Waals surface area contributed by atoms with Gasteiger partial charge >= 0.3 is 0 Å². The second-order valence-corrected chi connectivity index (χ2v) is 4.03. The van der Waals surface area contributed by atoms with Crippen LogP contribution in [-0.4, -0.2) is 4.98 Å². The second-order valence-electron chi connectivity index (χ2n) is 3.65. The normalized spacial score (nSPS) is 10.4. The molecular formula is C12H13ClN2O. The maximum absolute atomic E-state index is 5.78. The van der Waals surface area contributed by atoms with Crippen LogP contribution in [0.5, 0.6) is 0 Å². The smallest absolute Gasteiger partial charge is 0.129 e. The molecule has 0 saturated heterocycles. The number of hydrogen-bond donors (Lipinski definition) is 1. The van der Waals surface area contributed by atoms with Gasteiger partial charge in [-0.05, 0) is 37.6 Å². The molecule has 0 aromatic carbocycles. The third-order valence-electron chi connectivity index (χ3n) is 2.46. The van der Waals surface area contributed by atoms with Crippen LogP contribution >= 0.6 is 11.6 Å². The average Bonchev–Trinajstić information content (AvgIpc) is 2.63. The van der Waals surface area contributed by atoms with E-state index in [-0.39, 0.29) is 0 Å². The van der Waals surface area contributed by atoms with Gasteiger partial charge in [-0.2, -0.15) is 0 Å². The second kappa shape index (κ2) is 4.58. The summed E-state index contributed by atoms with van der Waals surface area (Å²) in [7, 11) is 0. The van der Waals surface area contributed by atoms with Crippen LogP contribution in [0.3, 0.4) is 0 Å². The van der Waals surface area contributed by atoms with Crippen molar-refractivity contribution >= 4 is 17.3 Å². The van der Waals surface area contributed by atoms with Gasteiger partial charge in [0.05, 0.1) is 24.2 Å². The molecule has 3 nitrogen and oxygen atoms in total. The Labute approximate surface area is 99.5 Å². The Morgan fingerprint density at radius 2 is 2.12 bits per heavy atom. The zero-order chi connectivity index (χ0) is 11.5. The number of anilines is 1. The van der Waals surface area contributed by atoms with Gasteiger partial charge in [-0.15, -0.1) is 0 Å². The molecular weight excluding hydrogens is 224 g/mol. The molecule has 4 heteroatoms. The highest BCUT2D eigenvalue weighted by molar-refractivity contribution is 6.29. The molecule has 0 amide bonds. The van der Waals surface area contributed by atoms with E-state index < -0.39 is 0 Å². The molecule has 16 heavy (non-hydrogen) atoms. The quantitative estimate of drug-likeness (QED) is 0.829. The number of aromatic nitrogens is 1. The van der Waals surface area contributed by atoms with Gasteiger partial charge < -0.3 is 9.73 Å². The molecule has 2 aromatic heterocycles. The lowest BCUT2D eigenvalue weighted by Gasteiger charge is -2.07. The topological polar surface area (TPSA) is 38.1 Å². The van der Waals surface area contributed by atoms with E-state index >= 15 is 0 Å². The molecule has 84 valence electrons. The van der Waals surface area contributed by atoms with E-state index in [4.69, 9.17) is 16.0 Å². The first-order chi connectivity index (χ1) is 7.66. The van der Waals surface area contributed by atoms with Crippen LogP contribution in [0, 0.1) is 13.8 Å². The third kappa shape index (κ3) is 2.36. The number of rotatable bonds is 3. The van der Waals surface area contributed by atoms with Gasteiger partial charge in [-0.25, -0.2) is 4.98 Å². The predicted molar refractivity (Wildman–Crippen MR) is 64.8 cm³/mol. The zero-order valence-corrected chi connectivity index (χ0v) is 10.0. The Balaban J connectivity index is 2.08. The minimum atomic E-state index is 0.511. The molecule has 1 N–H and O–H groups in total. The highest BCUT2D eigenvalue weighted by Gasteiger charge is 2.04. The van der Waals surface area contributed by atoms with Crippen LogP contribution in [0.15, 0.2) is 28.9 Å². The number of furan rings is 1. The molecule has 0 radical (unpaired) electrons. The number of nitrogens with one attached hydrogen (secondary N) is 1. The summed E-state index contributed by atoms with van der Waals surface area (Å²) in [6.45, 7) is 4.60. The first-order valence-corrected chi connectivity index (χ1v) is 5.44. The highest BCUT2D eigenvalue weighted by atomic mass is 35.5. The van der Waals surface area contributed by atoms with Crippen molar-refractivity contribution < 1.29 is 4.42 Å².